The summed E-state index contributed by atoms with van der Waals surface area (Å²) in [6.07, 6.45) is 2.25. The molecule has 0 aromatic rings. The van der Waals surface area contributed by atoms with Crippen LogP contribution >= 0.6 is 0 Å². The van der Waals surface area contributed by atoms with Crippen LogP contribution in [-0.2, 0) is 9.84 Å². The summed E-state index contributed by atoms with van der Waals surface area (Å²) in [6, 6.07) is 0. The van der Waals surface area contributed by atoms with Gasteiger partial charge in [-0.25, -0.2) is 12.8 Å². The van der Waals surface area contributed by atoms with Crippen LogP contribution in [0.5, 0.6) is 0 Å². The number of alkyl halides is 1. The Labute approximate surface area is 85.8 Å². The predicted octanol–water partition coefficient (Wildman–Crippen LogP) is 2.34. The van der Waals surface area contributed by atoms with Crippen molar-refractivity contribution in [3.05, 3.63) is 0 Å². The molecule has 0 amide bonds. The Bertz CT molecular complexity index is 286. The number of hydrogen-bond donors (Lipinski definition) is 0. The van der Waals surface area contributed by atoms with Crippen LogP contribution in [0.25, 0.3) is 0 Å². The van der Waals surface area contributed by atoms with Gasteiger partial charge in [0.15, 0.2) is 9.84 Å². The summed E-state index contributed by atoms with van der Waals surface area (Å²) in [5.41, 5.74) is -1.47. The maximum Gasteiger partial charge on any atom is 0.153 e. The Balaban J connectivity index is 2.84. The third kappa shape index (κ3) is 2.94. The zero-order valence-electron chi connectivity index (χ0n) is 8.92. The van der Waals surface area contributed by atoms with Gasteiger partial charge >= 0.3 is 0 Å². The second-order valence-corrected chi connectivity index (χ2v) is 6.48. The van der Waals surface area contributed by atoms with E-state index in [0.29, 0.717) is 19.3 Å². The largest absolute Gasteiger partial charge is 0.243 e. The lowest BCUT2D eigenvalue weighted by atomic mass is 9.93. The maximum atomic E-state index is 14.0. The van der Waals surface area contributed by atoms with Crippen LogP contribution in [0, 0.1) is 5.92 Å². The van der Waals surface area contributed by atoms with Gasteiger partial charge in [-0.05, 0) is 25.2 Å². The molecule has 1 heterocycles. The summed E-state index contributed by atoms with van der Waals surface area (Å²) in [5, 5.41) is 0. The Kier molecular flexibility index (Phi) is 3.56. The number of halogens is 1. The molecule has 0 bridgehead atoms. The Morgan fingerprint density at radius 1 is 1.43 bits per heavy atom. The van der Waals surface area contributed by atoms with Crippen LogP contribution in [0.4, 0.5) is 4.39 Å². The SMILES string of the molecule is CCC1CCC(F)(CC)CS(=O)(=O)C1. The molecule has 0 aliphatic carbocycles. The lowest BCUT2D eigenvalue weighted by molar-refractivity contribution is 0.165. The van der Waals surface area contributed by atoms with Crippen molar-refractivity contribution in [3.63, 3.8) is 0 Å². The summed E-state index contributed by atoms with van der Waals surface area (Å²) in [7, 11) is -3.18. The van der Waals surface area contributed by atoms with Gasteiger partial charge < -0.3 is 0 Å². The summed E-state index contributed by atoms with van der Waals surface area (Å²) in [5.74, 6) is 0.0616. The van der Waals surface area contributed by atoms with E-state index in [1.807, 2.05) is 6.92 Å². The van der Waals surface area contributed by atoms with Gasteiger partial charge in [0.05, 0.1) is 11.5 Å². The molecule has 2 nitrogen and oxygen atoms in total. The van der Waals surface area contributed by atoms with Gasteiger partial charge in [0.25, 0.3) is 0 Å². The van der Waals surface area contributed by atoms with Crippen LogP contribution in [0.15, 0.2) is 0 Å². The molecule has 1 aliphatic heterocycles. The quantitative estimate of drug-likeness (QED) is 0.718. The van der Waals surface area contributed by atoms with Crippen molar-refractivity contribution in [1.29, 1.82) is 0 Å². The van der Waals surface area contributed by atoms with E-state index in [1.165, 1.54) is 0 Å². The standard InChI is InChI=1S/C10H19FO2S/c1-3-9-5-6-10(11,4-2)8-14(12,13)7-9/h9H,3-8H2,1-2H3. The first-order chi connectivity index (χ1) is 6.41. The number of sulfone groups is 1. The smallest absolute Gasteiger partial charge is 0.153 e. The summed E-state index contributed by atoms with van der Waals surface area (Å²) in [4.78, 5) is 0. The second-order valence-electron chi connectivity index (χ2n) is 4.37. The van der Waals surface area contributed by atoms with Gasteiger partial charge in [0.2, 0.25) is 0 Å². The van der Waals surface area contributed by atoms with Crippen LogP contribution in [0.2, 0.25) is 0 Å². The average molecular weight is 222 g/mol. The van der Waals surface area contributed by atoms with Crippen LogP contribution in [0.3, 0.4) is 0 Å². The molecular formula is C10H19FO2S. The fourth-order valence-corrected chi connectivity index (χ4v) is 4.41. The minimum atomic E-state index is -3.18. The molecule has 84 valence electrons. The van der Waals surface area contributed by atoms with E-state index in [0.717, 1.165) is 6.42 Å². The highest BCUT2D eigenvalue weighted by molar-refractivity contribution is 7.91. The molecule has 1 aliphatic rings. The third-order valence-corrected chi connectivity index (χ3v) is 5.12. The average Bonchev–Trinajstić information content (AvgIpc) is 2.22. The van der Waals surface area contributed by atoms with Crippen molar-refractivity contribution in [2.75, 3.05) is 11.5 Å². The second kappa shape index (κ2) is 4.17. The molecule has 0 spiro atoms. The Hall–Kier alpha value is -0.120. The molecule has 0 radical (unpaired) electrons. The van der Waals surface area contributed by atoms with E-state index in [9.17, 15) is 12.8 Å². The zero-order chi connectivity index (χ0) is 10.8. The fraction of sp³-hybridized carbons (Fsp3) is 1.00. The zero-order valence-corrected chi connectivity index (χ0v) is 9.74. The molecular weight excluding hydrogens is 203 g/mol. The Morgan fingerprint density at radius 3 is 2.57 bits per heavy atom. The summed E-state index contributed by atoms with van der Waals surface area (Å²) in [6.45, 7) is 3.69. The van der Waals surface area contributed by atoms with Crippen LogP contribution in [0.1, 0.15) is 39.5 Å². The van der Waals surface area contributed by atoms with E-state index in [4.69, 9.17) is 0 Å². The molecule has 1 saturated heterocycles. The van der Waals surface area contributed by atoms with E-state index < -0.39 is 15.5 Å². The molecule has 2 unspecified atom stereocenters. The van der Waals surface area contributed by atoms with E-state index in [1.54, 1.807) is 6.92 Å². The molecule has 0 N–H and O–H groups in total. The first kappa shape index (κ1) is 12.0. The molecule has 2 atom stereocenters. The van der Waals surface area contributed by atoms with Crippen molar-refractivity contribution in [2.24, 2.45) is 5.92 Å². The van der Waals surface area contributed by atoms with Gasteiger partial charge in [0, 0.05) is 0 Å². The lowest BCUT2D eigenvalue weighted by Gasteiger charge is -2.20. The van der Waals surface area contributed by atoms with E-state index >= 15 is 0 Å². The summed E-state index contributed by atoms with van der Waals surface area (Å²) < 4.78 is 37.1. The van der Waals surface area contributed by atoms with Gasteiger partial charge in [-0.1, -0.05) is 20.3 Å². The molecule has 0 aromatic carbocycles. The molecule has 0 aromatic heterocycles. The number of rotatable bonds is 2. The molecule has 1 fully saturated rings. The highest BCUT2D eigenvalue weighted by Crippen LogP contribution is 2.32. The molecule has 14 heavy (non-hydrogen) atoms. The minimum Gasteiger partial charge on any atom is -0.243 e. The Morgan fingerprint density at radius 2 is 2.07 bits per heavy atom. The van der Waals surface area contributed by atoms with E-state index in [-0.39, 0.29) is 17.4 Å². The molecule has 1 rings (SSSR count). The van der Waals surface area contributed by atoms with Crippen LogP contribution < -0.4 is 0 Å². The molecule has 0 saturated carbocycles. The minimum absolute atomic E-state index is 0.157. The third-order valence-electron chi connectivity index (χ3n) is 3.18. The summed E-state index contributed by atoms with van der Waals surface area (Å²) >= 11 is 0. The van der Waals surface area contributed by atoms with Gasteiger partial charge in [0.1, 0.15) is 5.67 Å². The van der Waals surface area contributed by atoms with Crippen molar-refractivity contribution >= 4 is 9.84 Å². The van der Waals surface area contributed by atoms with Crippen molar-refractivity contribution in [1.82, 2.24) is 0 Å². The van der Waals surface area contributed by atoms with E-state index in [2.05, 4.69) is 0 Å². The maximum absolute atomic E-state index is 14.0. The van der Waals surface area contributed by atoms with Crippen molar-refractivity contribution in [3.8, 4) is 0 Å². The monoisotopic (exact) mass is 222 g/mol. The first-order valence-corrected chi connectivity index (χ1v) is 7.12. The van der Waals surface area contributed by atoms with Gasteiger partial charge in [-0.2, -0.15) is 0 Å². The molecule has 4 heteroatoms. The lowest BCUT2D eigenvalue weighted by Crippen LogP contribution is -2.30. The number of hydrogen-bond acceptors (Lipinski definition) is 2. The normalized spacial score (nSPS) is 37.8. The van der Waals surface area contributed by atoms with Crippen molar-refractivity contribution < 1.29 is 12.8 Å². The van der Waals surface area contributed by atoms with Crippen LogP contribution in [-0.4, -0.2) is 25.6 Å². The highest BCUT2D eigenvalue weighted by atomic mass is 32.2. The van der Waals surface area contributed by atoms with Gasteiger partial charge in [-0.15, -0.1) is 0 Å². The fourth-order valence-electron chi connectivity index (χ4n) is 2.03. The highest BCUT2D eigenvalue weighted by Gasteiger charge is 2.38. The van der Waals surface area contributed by atoms with Gasteiger partial charge in [-0.3, -0.25) is 0 Å². The first-order valence-electron chi connectivity index (χ1n) is 5.30. The van der Waals surface area contributed by atoms with Crippen molar-refractivity contribution in [2.45, 2.75) is 45.2 Å². The predicted molar refractivity (Wildman–Crippen MR) is 55.8 cm³/mol. The topological polar surface area (TPSA) is 34.1 Å².